The second-order valence-corrected chi connectivity index (χ2v) is 8.44. The molecule has 170 valence electrons. The van der Waals surface area contributed by atoms with Gasteiger partial charge >= 0.3 is 0 Å². The van der Waals surface area contributed by atoms with E-state index in [1.54, 1.807) is 12.0 Å². The fraction of sp³-hybridized carbons (Fsp3) is 0.440. The number of hydrogen-bond donors (Lipinski definition) is 2. The highest BCUT2D eigenvalue weighted by Gasteiger charge is 2.37. The Labute approximate surface area is 188 Å². The molecule has 2 amide bonds. The molecule has 1 aliphatic carbocycles. The van der Waals surface area contributed by atoms with Crippen molar-refractivity contribution in [1.29, 1.82) is 0 Å². The summed E-state index contributed by atoms with van der Waals surface area (Å²) in [5.41, 5.74) is 2.55. The number of carbonyl (C=O) groups excluding carboxylic acids is 2. The number of aliphatic hydroxyl groups is 1. The summed E-state index contributed by atoms with van der Waals surface area (Å²) in [5.74, 6) is 0.775. The Kier molecular flexibility index (Phi) is 7.07. The zero-order chi connectivity index (χ0) is 22.5. The van der Waals surface area contributed by atoms with Gasteiger partial charge in [-0.1, -0.05) is 37.1 Å². The van der Waals surface area contributed by atoms with Gasteiger partial charge in [0.1, 0.15) is 18.5 Å². The van der Waals surface area contributed by atoms with E-state index in [2.05, 4.69) is 5.32 Å². The van der Waals surface area contributed by atoms with Crippen LogP contribution in [-0.4, -0.2) is 48.2 Å². The van der Waals surface area contributed by atoms with Gasteiger partial charge in [-0.05, 0) is 48.2 Å². The minimum Gasteiger partial charge on any atom is -0.497 e. The molecule has 1 aliphatic heterocycles. The van der Waals surface area contributed by atoms with Gasteiger partial charge < -0.3 is 24.8 Å². The van der Waals surface area contributed by atoms with Crippen LogP contribution in [-0.2, 0) is 20.9 Å². The predicted molar refractivity (Wildman–Crippen MR) is 120 cm³/mol. The van der Waals surface area contributed by atoms with Gasteiger partial charge in [0.15, 0.2) is 0 Å². The smallest absolute Gasteiger partial charge is 0.249 e. The third-order valence-electron chi connectivity index (χ3n) is 6.39. The van der Waals surface area contributed by atoms with Crippen molar-refractivity contribution in [2.24, 2.45) is 5.92 Å². The minimum atomic E-state index is -0.503. The quantitative estimate of drug-likeness (QED) is 0.693. The number of hydrogen-bond acceptors (Lipinski definition) is 5. The fourth-order valence-electron chi connectivity index (χ4n) is 4.54. The number of anilines is 1. The molecule has 0 aromatic heterocycles. The number of amides is 2. The molecule has 32 heavy (non-hydrogen) atoms. The van der Waals surface area contributed by atoms with Crippen LogP contribution < -0.4 is 10.1 Å². The summed E-state index contributed by atoms with van der Waals surface area (Å²) in [6.45, 7) is 0.119. The normalized spacial score (nSPS) is 21.6. The van der Waals surface area contributed by atoms with Crippen LogP contribution in [0.3, 0.4) is 0 Å². The largest absolute Gasteiger partial charge is 0.497 e. The van der Waals surface area contributed by atoms with E-state index >= 15 is 0 Å². The summed E-state index contributed by atoms with van der Waals surface area (Å²) in [6, 6.07) is 14.5. The molecule has 7 nitrogen and oxygen atoms in total. The van der Waals surface area contributed by atoms with E-state index in [9.17, 15) is 14.7 Å². The Morgan fingerprint density at radius 3 is 2.44 bits per heavy atom. The minimum absolute atomic E-state index is 0.0442. The lowest BCUT2D eigenvalue weighted by Gasteiger charge is -2.40. The number of ether oxygens (including phenoxy) is 2. The molecule has 0 bridgehead atoms. The molecule has 4 rings (SSSR count). The lowest BCUT2D eigenvalue weighted by Crippen LogP contribution is -2.52. The molecule has 0 radical (unpaired) electrons. The molecule has 0 spiro atoms. The molecular weight excluding hydrogens is 408 g/mol. The summed E-state index contributed by atoms with van der Waals surface area (Å²) < 4.78 is 11.0. The Hall–Kier alpha value is -2.90. The highest BCUT2D eigenvalue weighted by molar-refractivity contribution is 5.92. The van der Waals surface area contributed by atoms with Gasteiger partial charge in [0.2, 0.25) is 11.8 Å². The first-order valence-electron chi connectivity index (χ1n) is 11.1. The van der Waals surface area contributed by atoms with Crippen LogP contribution in [0.5, 0.6) is 5.75 Å². The van der Waals surface area contributed by atoms with E-state index in [1.165, 1.54) is 0 Å². The standard InChI is InChI=1S/C25H30N2O5/c1-31-21-12-6-17(7-13-21)14-27-22(15-28)24(32-16-23(27)29)18-8-10-20(11-9-18)26-25(30)19-4-2-3-5-19/h6-13,19,22,24,28H,2-5,14-16H2,1H3,(H,26,30)/t22-,24-/m1/s1. The summed E-state index contributed by atoms with van der Waals surface area (Å²) in [6.07, 6.45) is 3.69. The molecule has 1 saturated carbocycles. The summed E-state index contributed by atoms with van der Waals surface area (Å²) in [4.78, 5) is 26.6. The van der Waals surface area contributed by atoms with Gasteiger partial charge in [0, 0.05) is 18.2 Å². The first-order chi connectivity index (χ1) is 15.6. The Bertz CT molecular complexity index is 922. The van der Waals surface area contributed by atoms with Gasteiger partial charge in [-0.15, -0.1) is 0 Å². The van der Waals surface area contributed by atoms with E-state index in [4.69, 9.17) is 9.47 Å². The highest BCUT2D eigenvalue weighted by atomic mass is 16.5. The van der Waals surface area contributed by atoms with Gasteiger partial charge in [-0.2, -0.15) is 0 Å². The number of methoxy groups -OCH3 is 1. The third kappa shape index (κ3) is 4.95. The Morgan fingerprint density at radius 2 is 1.81 bits per heavy atom. The van der Waals surface area contributed by atoms with Crippen molar-refractivity contribution in [2.45, 2.75) is 44.4 Å². The van der Waals surface area contributed by atoms with Gasteiger partial charge in [0.05, 0.1) is 19.8 Å². The van der Waals surface area contributed by atoms with Gasteiger partial charge in [0.25, 0.3) is 0 Å². The van der Waals surface area contributed by atoms with Crippen LogP contribution in [0, 0.1) is 5.92 Å². The average Bonchev–Trinajstić information content (AvgIpc) is 3.37. The number of nitrogens with zero attached hydrogens (tertiary/aromatic N) is 1. The van der Waals surface area contributed by atoms with Crippen molar-refractivity contribution < 1.29 is 24.2 Å². The monoisotopic (exact) mass is 438 g/mol. The molecule has 2 aromatic carbocycles. The zero-order valence-corrected chi connectivity index (χ0v) is 18.3. The van der Waals surface area contributed by atoms with E-state index < -0.39 is 12.1 Å². The molecule has 2 fully saturated rings. The SMILES string of the molecule is COc1ccc(CN2C(=O)CO[C@H](c3ccc(NC(=O)C4CCCC4)cc3)[C@H]2CO)cc1. The second kappa shape index (κ2) is 10.1. The molecule has 1 heterocycles. The van der Waals surface area contributed by atoms with E-state index in [0.29, 0.717) is 6.54 Å². The lowest BCUT2D eigenvalue weighted by molar-refractivity contribution is -0.162. The van der Waals surface area contributed by atoms with Crippen LogP contribution in [0.25, 0.3) is 0 Å². The molecule has 7 heteroatoms. The molecule has 2 aliphatic rings. The van der Waals surface area contributed by atoms with Crippen molar-refractivity contribution in [3.05, 3.63) is 59.7 Å². The van der Waals surface area contributed by atoms with Crippen LogP contribution in [0.4, 0.5) is 5.69 Å². The van der Waals surface area contributed by atoms with Crippen LogP contribution >= 0.6 is 0 Å². The maximum absolute atomic E-state index is 12.6. The molecule has 2 atom stereocenters. The maximum atomic E-state index is 12.6. The molecule has 2 aromatic rings. The van der Waals surface area contributed by atoms with Crippen molar-refractivity contribution in [3.63, 3.8) is 0 Å². The summed E-state index contributed by atoms with van der Waals surface area (Å²) >= 11 is 0. The van der Waals surface area contributed by atoms with Crippen molar-refractivity contribution in [2.75, 3.05) is 25.6 Å². The van der Waals surface area contributed by atoms with Crippen molar-refractivity contribution in [3.8, 4) is 5.75 Å². The predicted octanol–water partition coefficient (Wildman–Crippen LogP) is 3.28. The maximum Gasteiger partial charge on any atom is 0.249 e. The van der Waals surface area contributed by atoms with Gasteiger partial charge in [-0.3, -0.25) is 9.59 Å². The molecular formula is C25H30N2O5. The zero-order valence-electron chi connectivity index (χ0n) is 18.3. The van der Waals surface area contributed by atoms with E-state index in [1.807, 2.05) is 48.5 Å². The van der Waals surface area contributed by atoms with Crippen molar-refractivity contribution in [1.82, 2.24) is 4.90 Å². The third-order valence-corrected chi connectivity index (χ3v) is 6.39. The number of aliphatic hydroxyl groups excluding tert-OH is 1. The fourth-order valence-corrected chi connectivity index (χ4v) is 4.54. The number of morpholine rings is 1. The highest BCUT2D eigenvalue weighted by Crippen LogP contribution is 2.31. The molecule has 0 unspecified atom stereocenters. The first-order valence-corrected chi connectivity index (χ1v) is 11.1. The lowest BCUT2D eigenvalue weighted by atomic mass is 9.98. The van der Waals surface area contributed by atoms with E-state index in [-0.39, 0.29) is 30.9 Å². The van der Waals surface area contributed by atoms with E-state index in [0.717, 1.165) is 48.2 Å². The summed E-state index contributed by atoms with van der Waals surface area (Å²) in [7, 11) is 1.61. The Morgan fingerprint density at radius 1 is 1.12 bits per heavy atom. The number of carbonyl (C=O) groups is 2. The number of rotatable bonds is 7. The average molecular weight is 439 g/mol. The second-order valence-electron chi connectivity index (χ2n) is 8.44. The van der Waals surface area contributed by atoms with Gasteiger partial charge in [-0.25, -0.2) is 0 Å². The molecule has 1 saturated heterocycles. The Balaban J connectivity index is 1.45. The number of nitrogens with one attached hydrogen (secondary N) is 1. The first kappa shape index (κ1) is 22.3. The van der Waals surface area contributed by atoms with Crippen LogP contribution in [0.2, 0.25) is 0 Å². The topological polar surface area (TPSA) is 88.1 Å². The summed E-state index contributed by atoms with van der Waals surface area (Å²) in [5, 5.41) is 13.1. The number of benzene rings is 2. The molecule has 2 N–H and O–H groups in total. The van der Waals surface area contributed by atoms with Crippen LogP contribution in [0.1, 0.15) is 42.9 Å². The van der Waals surface area contributed by atoms with Crippen LogP contribution in [0.15, 0.2) is 48.5 Å². The van der Waals surface area contributed by atoms with Crippen molar-refractivity contribution >= 4 is 17.5 Å².